The fourth-order valence-electron chi connectivity index (χ4n) is 2.51. The summed E-state index contributed by atoms with van der Waals surface area (Å²) in [5, 5.41) is 9.43. The quantitative estimate of drug-likeness (QED) is 0.630. The Kier molecular flexibility index (Phi) is 4.91. The Bertz CT molecular complexity index is 539. The van der Waals surface area contributed by atoms with Gasteiger partial charge in [0.15, 0.2) is 0 Å². The summed E-state index contributed by atoms with van der Waals surface area (Å²) in [5.74, 6) is 0.683. The van der Waals surface area contributed by atoms with Gasteiger partial charge in [0.2, 0.25) is 0 Å². The number of methoxy groups -OCH3 is 1. The molecule has 106 valence electrons. The van der Waals surface area contributed by atoms with Crippen LogP contribution in [0.4, 0.5) is 5.69 Å². The molecule has 1 fully saturated rings. The molecule has 1 saturated heterocycles. The Hall–Kier alpha value is -1.67. The van der Waals surface area contributed by atoms with Crippen molar-refractivity contribution in [1.82, 2.24) is 0 Å². The smallest absolute Gasteiger partial charge is 0.310 e. The van der Waals surface area contributed by atoms with Crippen LogP contribution in [0.2, 0.25) is 0 Å². The van der Waals surface area contributed by atoms with Crippen LogP contribution in [0.5, 0.6) is 0 Å². The Morgan fingerprint density at radius 1 is 1.60 bits per heavy atom. The minimum Gasteiger partial charge on any atom is -0.469 e. The Morgan fingerprint density at radius 3 is 3.05 bits per heavy atom. The lowest BCUT2D eigenvalue weighted by molar-refractivity contribution is -0.144. The van der Waals surface area contributed by atoms with E-state index >= 15 is 0 Å². The molecule has 5 heteroatoms. The van der Waals surface area contributed by atoms with Crippen molar-refractivity contribution in [1.29, 1.82) is 5.26 Å². The number of benzene rings is 1. The van der Waals surface area contributed by atoms with Gasteiger partial charge in [-0.05, 0) is 24.3 Å². The van der Waals surface area contributed by atoms with Crippen LogP contribution >= 0.6 is 11.8 Å². The molecule has 1 unspecified atom stereocenters. The number of carbonyl (C=O) groups is 1. The van der Waals surface area contributed by atoms with Crippen LogP contribution in [0.3, 0.4) is 0 Å². The molecule has 0 N–H and O–H groups in total. The van der Waals surface area contributed by atoms with E-state index in [0.29, 0.717) is 12.1 Å². The summed E-state index contributed by atoms with van der Waals surface area (Å²) in [6.07, 6.45) is 0.780. The monoisotopic (exact) mass is 290 g/mol. The highest BCUT2D eigenvalue weighted by Crippen LogP contribution is 2.33. The van der Waals surface area contributed by atoms with Crippen molar-refractivity contribution in [2.75, 3.05) is 30.9 Å². The van der Waals surface area contributed by atoms with E-state index in [9.17, 15) is 10.1 Å². The first-order chi connectivity index (χ1) is 9.71. The van der Waals surface area contributed by atoms with Crippen molar-refractivity contribution >= 4 is 23.4 Å². The normalized spacial score (nSPS) is 17.9. The predicted molar refractivity (Wildman–Crippen MR) is 79.9 cm³/mol. The van der Waals surface area contributed by atoms with Crippen molar-refractivity contribution in [2.45, 2.75) is 18.2 Å². The lowest BCUT2D eigenvalue weighted by atomic mass is 10.1. The van der Waals surface area contributed by atoms with Gasteiger partial charge in [-0.1, -0.05) is 13.0 Å². The Balaban J connectivity index is 2.24. The van der Waals surface area contributed by atoms with Gasteiger partial charge in [-0.2, -0.15) is 5.26 Å². The number of nitrogens with zero attached hydrogens (tertiary/aromatic N) is 2. The Morgan fingerprint density at radius 2 is 2.40 bits per heavy atom. The van der Waals surface area contributed by atoms with Gasteiger partial charge in [-0.15, -0.1) is 11.8 Å². The molecule has 1 atom stereocenters. The minimum absolute atomic E-state index is 0.0889. The Labute approximate surface area is 123 Å². The second-order valence-electron chi connectivity index (χ2n) is 4.65. The number of rotatable bonds is 4. The van der Waals surface area contributed by atoms with Gasteiger partial charge in [0, 0.05) is 18.0 Å². The molecule has 0 bridgehead atoms. The summed E-state index contributed by atoms with van der Waals surface area (Å²) >= 11 is 1.67. The summed E-state index contributed by atoms with van der Waals surface area (Å²) in [7, 11) is 1.42. The summed E-state index contributed by atoms with van der Waals surface area (Å²) < 4.78 is 4.80. The molecule has 1 aliphatic heterocycles. The van der Waals surface area contributed by atoms with Crippen molar-refractivity contribution < 1.29 is 9.53 Å². The van der Waals surface area contributed by atoms with Crippen molar-refractivity contribution in [3.63, 3.8) is 0 Å². The van der Waals surface area contributed by atoms with E-state index in [4.69, 9.17) is 4.74 Å². The predicted octanol–water partition coefficient (Wildman–Crippen LogP) is 2.67. The van der Waals surface area contributed by atoms with Crippen molar-refractivity contribution in [3.05, 3.63) is 23.8 Å². The second kappa shape index (κ2) is 6.67. The topological polar surface area (TPSA) is 53.3 Å². The van der Waals surface area contributed by atoms with Gasteiger partial charge < -0.3 is 9.64 Å². The van der Waals surface area contributed by atoms with Crippen molar-refractivity contribution in [2.24, 2.45) is 5.92 Å². The molecule has 1 aromatic rings. The van der Waals surface area contributed by atoms with E-state index in [2.05, 4.69) is 17.9 Å². The summed E-state index contributed by atoms with van der Waals surface area (Å²) in [5.41, 5.74) is 1.64. The third kappa shape index (κ3) is 2.91. The van der Waals surface area contributed by atoms with Gasteiger partial charge in [0.05, 0.1) is 24.3 Å². The highest BCUT2D eigenvalue weighted by Gasteiger charge is 2.30. The van der Waals surface area contributed by atoms with Crippen LogP contribution in [-0.4, -0.2) is 31.9 Å². The first-order valence-electron chi connectivity index (χ1n) is 6.70. The summed E-state index contributed by atoms with van der Waals surface area (Å²) in [6.45, 7) is 3.48. The zero-order valence-corrected chi connectivity index (χ0v) is 12.6. The number of carbonyl (C=O) groups excluding carboxylic acids is 1. The van der Waals surface area contributed by atoms with E-state index < -0.39 is 0 Å². The minimum atomic E-state index is -0.162. The second-order valence-corrected chi connectivity index (χ2v) is 5.96. The number of nitriles is 1. The molecule has 0 amide bonds. The molecule has 0 spiro atoms. The third-order valence-corrected chi connectivity index (χ3v) is 4.42. The highest BCUT2D eigenvalue weighted by molar-refractivity contribution is 7.99. The van der Waals surface area contributed by atoms with E-state index in [1.807, 2.05) is 18.2 Å². The molecule has 4 nitrogen and oxygen atoms in total. The number of anilines is 1. The highest BCUT2D eigenvalue weighted by atomic mass is 32.2. The van der Waals surface area contributed by atoms with Crippen LogP contribution in [0.25, 0.3) is 0 Å². The number of ether oxygens (including phenoxy) is 1. The molecule has 0 aromatic heterocycles. The van der Waals surface area contributed by atoms with Crippen LogP contribution in [0, 0.1) is 17.2 Å². The van der Waals surface area contributed by atoms with Crippen LogP contribution in [-0.2, 0) is 9.53 Å². The van der Waals surface area contributed by atoms with E-state index in [-0.39, 0.29) is 11.9 Å². The number of hydrogen-bond acceptors (Lipinski definition) is 5. The molecule has 20 heavy (non-hydrogen) atoms. The van der Waals surface area contributed by atoms with Gasteiger partial charge >= 0.3 is 5.97 Å². The maximum atomic E-state index is 11.6. The summed E-state index contributed by atoms with van der Waals surface area (Å²) in [4.78, 5) is 14.7. The first kappa shape index (κ1) is 14.7. The molecular formula is C15H18N2O2S. The van der Waals surface area contributed by atoms with Crippen molar-refractivity contribution in [3.8, 4) is 6.07 Å². The average molecular weight is 290 g/mol. The average Bonchev–Trinajstić information content (AvgIpc) is 2.96. The largest absolute Gasteiger partial charge is 0.469 e. The fraction of sp³-hybridized carbons (Fsp3) is 0.467. The fourth-order valence-corrected chi connectivity index (χ4v) is 3.29. The number of thioether (sulfide) groups is 1. The maximum Gasteiger partial charge on any atom is 0.310 e. The molecule has 2 rings (SSSR count). The molecule has 0 saturated carbocycles. The first-order valence-corrected chi connectivity index (χ1v) is 7.68. The van der Waals surface area contributed by atoms with Crippen LogP contribution in [0.15, 0.2) is 23.1 Å². The molecule has 0 radical (unpaired) electrons. The number of esters is 1. The maximum absolute atomic E-state index is 11.6. The van der Waals surface area contributed by atoms with Gasteiger partial charge in [-0.3, -0.25) is 4.79 Å². The molecule has 1 aliphatic rings. The zero-order valence-electron chi connectivity index (χ0n) is 11.8. The van der Waals surface area contributed by atoms with E-state index in [1.165, 1.54) is 7.11 Å². The molecule has 1 aromatic carbocycles. The number of hydrogen-bond donors (Lipinski definition) is 0. The van der Waals surface area contributed by atoms with Gasteiger partial charge in [0.1, 0.15) is 6.07 Å². The lowest BCUT2D eigenvalue weighted by Crippen LogP contribution is -2.24. The van der Waals surface area contributed by atoms with E-state index in [0.717, 1.165) is 29.3 Å². The zero-order chi connectivity index (χ0) is 14.5. The summed E-state index contributed by atoms with van der Waals surface area (Å²) in [6, 6.07) is 8.21. The standard InChI is InChI=1S/C15H18N2O2S/c1-3-20-14-6-4-5-13(12(14)9-16)17-8-7-11(10-17)15(18)19-2/h4-6,11H,3,7-8,10H2,1-2H3. The third-order valence-electron chi connectivity index (χ3n) is 3.48. The van der Waals surface area contributed by atoms with Crippen LogP contribution < -0.4 is 4.90 Å². The SMILES string of the molecule is CCSc1cccc(N2CCC(C(=O)OC)C2)c1C#N. The molecule has 0 aliphatic carbocycles. The van der Waals surface area contributed by atoms with Gasteiger partial charge in [0.25, 0.3) is 0 Å². The van der Waals surface area contributed by atoms with Crippen LogP contribution in [0.1, 0.15) is 18.9 Å². The molecule has 1 heterocycles. The van der Waals surface area contributed by atoms with Gasteiger partial charge in [-0.25, -0.2) is 0 Å². The lowest BCUT2D eigenvalue weighted by Gasteiger charge is -2.20. The molecular weight excluding hydrogens is 272 g/mol. The van der Waals surface area contributed by atoms with E-state index in [1.54, 1.807) is 11.8 Å².